The van der Waals surface area contributed by atoms with Crippen LogP contribution in [-0.2, 0) is 24.4 Å². The van der Waals surface area contributed by atoms with E-state index in [4.69, 9.17) is 16.3 Å². The Morgan fingerprint density at radius 1 is 0.774 bits per heavy atom. The minimum atomic E-state index is -3.18. The van der Waals surface area contributed by atoms with Crippen molar-refractivity contribution in [1.82, 2.24) is 4.90 Å². The largest absolute Gasteiger partial charge is 0.379 e. The Labute approximate surface area is 206 Å². The Morgan fingerprint density at radius 2 is 1.19 bits per heavy atom. The van der Waals surface area contributed by atoms with E-state index in [0.29, 0.717) is 29.5 Å². The molecule has 0 radical (unpaired) electrons. The second-order valence-electron chi connectivity index (χ2n) is 6.69. The van der Waals surface area contributed by atoms with Gasteiger partial charge in [-0.15, -0.1) is 11.6 Å². The molecule has 3 rings (SSSR count). The standard InChI is InChI=1S/C12H16BrNO3S.C8H8BrClO2S/c13-11-1-3-12(4-2-11)18(15,16)10-7-14-5-8-17-9-6-14;9-7-1-3-8(4-2-7)13(11,12)6-5-10/h1-4H,5-10H2;1-4H,5-6H2. The zero-order chi connectivity index (χ0) is 22.9. The lowest BCUT2D eigenvalue weighted by molar-refractivity contribution is 0.0408. The highest BCUT2D eigenvalue weighted by molar-refractivity contribution is 9.10. The van der Waals surface area contributed by atoms with E-state index in [9.17, 15) is 16.8 Å². The van der Waals surface area contributed by atoms with Gasteiger partial charge in [0.05, 0.1) is 34.5 Å². The fourth-order valence-electron chi connectivity index (χ4n) is 2.70. The number of sulfone groups is 2. The zero-order valence-corrected chi connectivity index (χ0v) is 22.3. The predicted molar refractivity (Wildman–Crippen MR) is 130 cm³/mol. The number of benzene rings is 2. The third-order valence-electron chi connectivity index (χ3n) is 4.47. The van der Waals surface area contributed by atoms with E-state index in [1.54, 1.807) is 48.5 Å². The molecule has 0 aromatic heterocycles. The van der Waals surface area contributed by atoms with Gasteiger partial charge in [0.15, 0.2) is 19.7 Å². The van der Waals surface area contributed by atoms with Crippen LogP contribution in [0.3, 0.4) is 0 Å². The molecule has 0 spiro atoms. The summed E-state index contributed by atoms with van der Waals surface area (Å²) in [6.45, 7) is 3.59. The first-order valence-corrected chi connectivity index (χ1v) is 14.9. The molecule has 172 valence electrons. The summed E-state index contributed by atoms with van der Waals surface area (Å²) >= 11 is 11.9. The van der Waals surface area contributed by atoms with E-state index in [1.807, 2.05) is 0 Å². The van der Waals surface area contributed by atoms with Crippen LogP contribution in [0.15, 0.2) is 67.3 Å². The van der Waals surface area contributed by atoms with Crippen LogP contribution < -0.4 is 0 Å². The lowest BCUT2D eigenvalue weighted by atomic mass is 10.4. The predicted octanol–water partition coefficient (Wildman–Crippen LogP) is 4.02. The first-order valence-electron chi connectivity index (χ1n) is 9.47. The molecule has 1 aliphatic heterocycles. The third-order valence-corrected chi connectivity index (χ3v) is 9.38. The van der Waals surface area contributed by atoms with Crippen molar-refractivity contribution < 1.29 is 21.6 Å². The first-order chi connectivity index (χ1) is 14.6. The van der Waals surface area contributed by atoms with E-state index >= 15 is 0 Å². The second-order valence-corrected chi connectivity index (χ2v) is 13.1. The maximum Gasteiger partial charge on any atom is 0.179 e. The molecule has 1 fully saturated rings. The number of alkyl halides is 1. The van der Waals surface area contributed by atoms with Gasteiger partial charge in [0, 0.05) is 34.5 Å². The smallest absolute Gasteiger partial charge is 0.179 e. The average Bonchev–Trinajstić information content (AvgIpc) is 2.74. The van der Waals surface area contributed by atoms with Crippen molar-refractivity contribution in [2.75, 3.05) is 50.2 Å². The van der Waals surface area contributed by atoms with Crippen molar-refractivity contribution in [2.45, 2.75) is 9.79 Å². The van der Waals surface area contributed by atoms with Gasteiger partial charge in [-0.3, -0.25) is 4.90 Å². The Morgan fingerprint density at radius 3 is 1.61 bits per heavy atom. The van der Waals surface area contributed by atoms with Crippen LogP contribution in [0.4, 0.5) is 0 Å². The molecule has 6 nitrogen and oxygen atoms in total. The Kier molecular flexibility index (Phi) is 10.9. The van der Waals surface area contributed by atoms with Gasteiger partial charge in [-0.2, -0.15) is 0 Å². The number of ether oxygens (including phenoxy) is 1. The molecule has 11 heteroatoms. The number of halogens is 3. The van der Waals surface area contributed by atoms with Gasteiger partial charge in [-0.25, -0.2) is 16.8 Å². The molecule has 0 amide bonds. The van der Waals surface area contributed by atoms with Gasteiger partial charge in [0.1, 0.15) is 0 Å². The lowest BCUT2D eigenvalue weighted by Crippen LogP contribution is -2.39. The maximum absolute atomic E-state index is 12.1. The van der Waals surface area contributed by atoms with Gasteiger partial charge in [0.25, 0.3) is 0 Å². The monoisotopic (exact) mass is 615 g/mol. The molecule has 0 unspecified atom stereocenters. The van der Waals surface area contributed by atoms with Gasteiger partial charge in [0.2, 0.25) is 0 Å². The second kappa shape index (κ2) is 12.7. The summed E-state index contributed by atoms with van der Waals surface area (Å²) in [5.41, 5.74) is 0. The molecule has 1 saturated heterocycles. The summed E-state index contributed by atoms with van der Waals surface area (Å²) in [5, 5.41) is 0. The van der Waals surface area contributed by atoms with Crippen molar-refractivity contribution in [3.63, 3.8) is 0 Å². The van der Waals surface area contributed by atoms with Crippen LogP contribution in [-0.4, -0.2) is 72.0 Å². The summed E-state index contributed by atoms with van der Waals surface area (Å²) < 4.78 is 54.1. The highest BCUT2D eigenvalue weighted by Crippen LogP contribution is 2.17. The van der Waals surface area contributed by atoms with Crippen molar-refractivity contribution in [3.8, 4) is 0 Å². The molecule has 31 heavy (non-hydrogen) atoms. The van der Waals surface area contributed by atoms with E-state index < -0.39 is 19.7 Å². The number of hydrogen-bond acceptors (Lipinski definition) is 6. The van der Waals surface area contributed by atoms with Crippen LogP contribution in [0.1, 0.15) is 0 Å². The molecule has 2 aromatic carbocycles. The third kappa shape index (κ3) is 9.11. The molecular formula is C20H24Br2ClNO5S2. The minimum absolute atomic E-state index is 0.0177. The first kappa shape index (κ1) is 26.8. The van der Waals surface area contributed by atoms with E-state index in [0.717, 1.165) is 22.0 Å². The molecule has 1 heterocycles. The van der Waals surface area contributed by atoms with E-state index in [1.165, 1.54) is 0 Å². The van der Waals surface area contributed by atoms with Crippen LogP contribution in [0.25, 0.3) is 0 Å². The van der Waals surface area contributed by atoms with Gasteiger partial charge < -0.3 is 4.74 Å². The molecular weight excluding hydrogens is 594 g/mol. The number of nitrogens with zero attached hydrogens (tertiary/aromatic N) is 1. The maximum atomic E-state index is 12.1. The van der Waals surface area contributed by atoms with Crippen LogP contribution in [0.5, 0.6) is 0 Å². The molecule has 0 bridgehead atoms. The zero-order valence-electron chi connectivity index (χ0n) is 16.7. The van der Waals surface area contributed by atoms with Gasteiger partial charge >= 0.3 is 0 Å². The van der Waals surface area contributed by atoms with E-state index in [-0.39, 0.29) is 17.4 Å². The van der Waals surface area contributed by atoms with Crippen LogP contribution in [0, 0.1) is 0 Å². The molecule has 0 N–H and O–H groups in total. The van der Waals surface area contributed by atoms with Gasteiger partial charge in [-0.05, 0) is 48.5 Å². The quantitative estimate of drug-likeness (QED) is 0.437. The minimum Gasteiger partial charge on any atom is -0.379 e. The topological polar surface area (TPSA) is 80.8 Å². The number of rotatable bonds is 7. The fraction of sp³-hybridized carbons (Fsp3) is 0.400. The Hall–Kier alpha value is -0.490. The average molecular weight is 618 g/mol. The fourth-order valence-corrected chi connectivity index (χ4v) is 6.11. The van der Waals surface area contributed by atoms with E-state index in [2.05, 4.69) is 36.8 Å². The lowest BCUT2D eigenvalue weighted by Gasteiger charge is -2.26. The Balaban J connectivity index is 0.000000233. The van der Waals surface area contributed by atoms with Crippen molar-refractivity contribution in [3.05, 3.63) is 57.5 Å². The SMILES string of the molecule is O=S(=O)(CCCl)c1ccc(Br)cc1.O=S(=O)(CCN1CCOCC1)c1ccc(Br)cc1. The van der Waals surface area contributed by atoms with Crippen LogP contribution in [0.2, 0.25) is 0 Å². The summed E-state index contributed by atoms with van der Waals surface area (Å²) in [6.07, 6.45) is 0. The molecule has 1 aliphatic rings. The van der Waals surface area contributed by atoms with Crippen molar-refractivity contribution in [2.24, 2.45) is 0 Å². The highest BCUT2D eigenvalue weighted by atomic mass is 79.9. The molecule has 0 saturated carbocycles. The summed E-state index contributed by atoms with van der Waals surface area (Å²) in [4.78, 5) is 2.83. The number of hydrogen-bond donors (Lipinski definition) is 0. The summed E-state index contributed by atoms with van der Waals surface area (Å²) in [7, 11) is -6.36. The van der Waals surface area contributed by atoms with Crippen LogP contribution >= 0.6 is 43.5 Å². The summed E-state index contributed by atoms with van der Waals surface area (Å²) in [5.74, 6) is 0.267. The molecule has 2 aromatic rings. The van der Waals surface area contributed by atoms with Crippen molar-refractivity contribution in [1.29, 1.82) is 0 Å². The normalized spacial score (nSPS) is 15.2. The number of morpholine rings is 1. The Bertz CT molecular complexity index is 1020. The summed E-state index contributed by atoms with van der Waals surface area (Å²) in [6, 6.07) is 13.3. The highest BCUT2D eigenvalue weighted by Gasteiger charge is 2.18. The molecule has 0 atom stereocenters. The van der Waals surface area contributed by atoms with Crippen molar-refractivity contribution >= 4 is 63.1 Å². The van der Waals surface area contributed by atoms with Gasteiger partial charge in [-0.1, -0.05) is 31.9 Å². The molecule has 0 aliphatic carbocycles.